The first-order chi connectivity index (χ1) is 19.1. The molecule has 0 fully saturated rings. The van der Waals surface area contributed by atoms with Gasteiger partial charge >= 0.3 is 6.18 Å². The van der Waals surface area contributed by atoms with E-state index in [4.69, 9.17) is 4.98 Å². The highest BCUT2D eigenvalue weighted by molar-refractivity contribution is 5.80. The van der Waals surface area contributed by atoms with Crippen molar-refractivity contribution in [2.45, 2.75) is 32.1 Å². The first-order valence-corrected chi connectivity index (χ1v) is 12.3. The highest BCUT2D eigenvalue weighted by atomic mass is 19.4. The number of imidazole rings is 1. The van der Waals surface area contributed by atoms with Crippen molar-refractivity contribution >= 4 is 16.8 Å². The van der Waals surface area contributed by atoms with Crippen molar-refractivity contribution in [3.05, 3.63) is 124 Å². The average molecular weight is 550 g/mol. The van der Waals surface area contributed by atoms with Gasteiger partial charge in [0.25, 0.3) is 5.56 Å². The summed E-state index contributed by atoms with van der Waals surface area (Å²) in [6, 6.07) is 15.7. The van der Waals surface area contributed by atoms with Gasteiger partial charge in [-0.3, -0.25) is 14.2 Å². The summed E-state index contributed by atoms with van der Waals surface area (Å²) in [6.07, 6.45) is -1.67. The van der Waals surface area contributed by atoms with Crippen molar-refractivity contribution in [1.82, 2.24) is 24.4 Å². The van der Waals surface area contributed by atoms with E-state index in [2.05, 4.69) is 9.97 Å². The summed E-state index contributed by atoms with van der Waals surface area (Å²) in [4.78, 5) is 40.5. The molecule has 3 aromatic carbocycles. The first-order valence-electron chi connectivity index (χ1n) is 12.3. The van der Waals surface area contributed by atoms with E-state index in [0.717, 1.165) is 12.1 Å². The molecule has 0 aliphatic heterocycles. The van der Waals surface area contributed by atoms with Gasteiger partial charge in [0, 0.05) is 6.20 Å². The number of alkyl halides is 3. The molecule has 5 aromatic rings. The van der Waals surface area contributed by atoms with Gasteiger partial charge in [-0.05, 0) is 61.0 Å². The van der Waals surface area contributed by atoms with Crippen molar-refractivity contribution in [1.29, 1.82) is 0 Å². The van der Waals surface area contributed by atoms with Gasteiger partial charge < -0.3 is 9.88 Å². The number of carbonyl (C=O) groups is 1. The second kappa shape index (κ2) is 10.8. The third kappa shape index (κ3) is 5.49. The lowest BCUT2D eigenvalue weighted by Crippen LogP contribution is -2.38. The lowest BCUT2D eigenvalue weighted by molar-refractivity contribution is -0.137. The van der Waals surface area contributed by atoms with E-state index in [9.17, 15) is 27.2 Å². The average Bonchev–Trinajstić information content (AvgIpc) is 3.45. The minimum absolute atomic E-state index is 0.0623. The normalized spacial score (nSPS) is 12.4. The van der Waals surface area contributed by atoms with Crippen molar-refractivity contribution in [3.63, 3.8) is 0 Å². The van der Waals surface area contributed by atoms with Crippen LogP contribution < -0.4 is 5.56 Å². The fourth-order valence-electron chi connectivity index (χ4n) is 4.49. The van der Waals surface area contributed by atoms with Gasteiger partial charge in [-0.25, -0.2) is 14.4 Å². The maximum absolute atomic E-state index is 13.7. The van der Waals surface area contributed by atoms with E-state index in [1.807, 2.05) is 0 Å². The number of carbonyl (C=O) groups excluding carboxylic acids is 1. The van der Waals surface area contributed by atoms with Crippen molar-refractivity contribution in [2.24, 2.45) is 0 Å². The second-order valence-corrected chi connectivity index (χ2v) is 9.25. The molecule has 0 saturated carbocycles. The number of hydrogen-bond donors (Lipinski definition) is 1. The summed E-state index contributed by atoms with van der Waals surface area (Å²) in [6.45, 7) is 1.77. The smallest absolute Gasteiger partial charge is 0.347 e. The molecule has 0 saturated heterocycles. The molecule has 0 spiro atoms. The topological polar surface area (TPSA) is 83.9 Å². The zero-order chi connectivity index (χ0) is 28.4. The van der Waals surface area contributed by atoms with Crippen molar-refractivity contribution in [3.8, 4) is 5.69 Å². The maximum Gasteiger partial charge on any atom is 0.416 e. The lowest BCUT2D eigenvalue weighted by atomic mass is 10.1. The number of para-hydroxylation sites is 1. The van der Waals surface area contributed by atoms with E-state index < -0.39 is 35.1 Å². The zero-order valence-electron chi connectivity index (χ0n) is 21.2. The molecule has 2 aromatic heterocycles. The van der Waals surface area contributed by atoms with E-state index in [1.54, 1.807) is 37.4 Å². The molecule has 0 aliphatic rings. The highest BCUT2D eigenvalue weighted by Gasteiger charge is 2.31. The molecule has 5 rings (SSSR count). The van der Waals surface area contributed by atoms with Crippen LogP contribution in [0, 0.1) is 5.82 Å². The van der Waals surface area contributed by atoms with Gasteiger partial charge in [0.05, 0.1) is 53.2 Å². The van der Waals surface area contributed by atoms with Gasteiger partial charge in [0.15, 0.2) is 0 Å². The number of hydrogen-bond acceptors (Lipinski definition) is 4. The lowest BCUT2D eigenvalue weighted by Gasteiger charge is -2.30. The molecule has 1 atom stereocenters. The minimum atomic E-state index is -4.49. The molecule has 204 valence electrons. The zero-order valence-corrected chi connectivity index (χ0v) is 21.2. The Bertz CT molecular complexity index is 1700. The number of amides is 1. The Morgan fingerprint density at radius 2 is 1.73 bits per heavy atom. The molecule has 0 radical (unpaired) electrons. The van der Waals surface area contributed by atoms with Crippen LogP contribution in [0.5, 0.6) is 0 Å². The summed E-state index contributed by atoms with van der Waals surface area (Å²) in [7, 11) is 0. The molecule has 7 nitrogen and oxygen atoms in total. The molecule has 0 aliphatic carbocycles. The summed E-state index contributed by atoms with van der Waals surface area (Å²) in [5, 5.41) is 0.346. The van der Waals surface area contributed by atoms with E-state index in [1.165, 1.54) is 52.2 Å². The van der Waals surface area contributed by atoms with Crippen LogP contribution in [-0.2, 0) is 23.9 Å². The summed E-state index contributed by atoms with van der Waals surface area (Å²) in [5.41, 5.74) is 0.574. The fraction of sp³-hybridized carbons (Fsp3) is 0.172. The number of fused-ring (bicyclic) bond motifs is 1. The number of nitrogens with one attached hydrogen (secondary N) is 1. The molecule has 1 unspecified atom stereocenters. The van der Waals surface area contributed by atoms with Gasteiger partial charge in [-0.15, -0.1) is 0 Å². The number of rotatable bonds is 7. The number of aromatic amines is 1. The monoisotopic (exact) mass is 549 g/mol. The minimum Gasteiger partial charge on any atom is -0.347 e. The van der Waals surface area contributed by atoms with Gasteiger partial charge in [0.2, 0.25) is 5.91 Å². The third-order valence-corrected chi connectivity index (χ3v) is 6.58. The van der Waals surface area contributed by atoms with Crippen LogP contribution >= 0.6 is 0 Å². The molecule has 11 heteroatoms. The Labute approximate surface area is 225 Å². The standard InChI is InChI=1S/C29H23F4N5O2/c1-18(27-36-25-5-3-2-4-24(25)28(40)38(27)23-12-10-21(30)11-13-23)37(16-22-15-34-17-35-22)26(39)14-19-6-8-20(9-7-19)29(31,32)33/h2-13,15,17-18H,14,16H2,1H3,(H,34,35). The SMILES string of the molecule is CC(c1nc2ccccc2c(=O)n1-c1ccc(F)cc1)N(Cc1cnc[nH]1)C(=O)Cc1ccc(C(F)(F)F)cc1. The first kappa shape index (κ1) is 26.8. The Hall–Kier alpha value is -4.80. The third-order valence-electron chi connectivity index (χ3n) is 6.58. The fourth-order valence-corrected chi connectivity index (χ4v) is 4.49. The van der Waals surface area contributed by atoms with Gasteiger partial charge in [-0.1, -0.05) is 24.3 Å². The summed E-state index contributed by atoms with van der Waals surface area (Å²) >= 11 is 0. The van der Waals surface area contributed by atoms with E-state index in [0.29, 0.717) is 27.8 Å². The van der Waals surface area contributed by atoms with Gasteiger partial charge in [0.1, 0.15) is 11.6 Å². The summed E-state index contributed by atoms with van der Waals surface area (Å²) < 4.78 is 54.1. The summed E-state index contributed by atoms with van der Waals surface area (Å²) in [5.74, 6) is -0.654. The number of H-pyrrole nitrogens is 1. The number of benzene rings is 3. The molecule has 40 heavy (non-hydrogen) atoms. The molecular formula is C29H23F4N5O2. The Kier molecular flexibility index (Phi) is 7.20. The van der Waals surface area contributed by atoms with Crippen LogP contribution in [0.4, 0.5) is 17.6 Å². The van der Waals surface area contributed by atoms with Crippen LogP contribution in [-0.4, -0.2) is 30.3 Å². The molecular weight excluding hydrogens is 526 g/mol. The van der Waals surface area contributed by atoms with Gasteiger partial charge in [-0.2, -0.15) is 13.2 Å². The van der Waals surface area contributed by atoms with Crippen LogP contribution in [0.1, 0.15) is 35.6 Å². The van der Waals surface area contributed by atoms with Crippen LogP contribution in [0.2, 0.25) is 0 Å². The van der Waals surface area contributed by atoms with Crippen LogP contribution in [0.3, 0.4) is 0 Å². The number of nitrogens with zero attached hydrogens (tertiary/aromatic N) is 4. The van der Waals surface area contributed by atoms with E-state index in [-0.39, 0.29) is 18.8 Å². The van der Waals surface area contributed by atoms with Crippen LogP contribution in [0.25, 0.3) is 16.6 Å². The van der Waals surface area contributed by atoms with E-state index >= 15 is 0 Å². The molecule has 1 N–H and O–H groups in total. The van der Waals surface area contributed by atoms with Crippen LogP contribution in [0.15, 0.2) is 90.1 Å². The highest BCUT2D eigenvalue weighted by Crippen LogP contribution is 2.30. The number of aromatic nitrogens is 4. The van der Waals surface area contributed by atoms with Crippen molar-refractivity contribution in [2.75, 3.05) is 0 Å². The second-order valence-electron chi connectivity index (χ2n) is 9.25. The predicted octanol–water partition coefficient (Wildman–Crippen LogP) is 5.60. The Morgan fingerprint density at radius 1 is 1.02 bits per heavy atom. The molecule has 0 bridgehead atoms. The largest absolute Gasteiger partial charge is 0.416 e. The maximum atomic E-state index is 13.7. The predicted molar refractivity (Wildman–Crippen MR) is 140 cm³/mol. The molecule has 1 amide bonds. The number of halogens is 4. The Balaban J connectivity index is 1.58. The quantitative estimate of drug-likeness (QED) is 0.268. The Morgan fingerprint density at radius 3 is 2.38 bits per heavy atom. The molecule has 2 heterocycles. The van der Waals surface area contributed by atoms with Crippen molar-refractivity contribution < 1.29 is 22.4 Å².